The van der Waals surface area contributed by atoms with E-state index in [2.05, 4.69) is 69.3 Å². The highest BCUT2D eigenvalue weighted by atomic mass is 28.4. The van der Waals surface area contributed by atoms with Gasteiger partial charge in [-0.2, -0.15) is 0 Å². The first-order valence-electron chi connectivity index (χ1n) is 12.8. The minimum Gasteiger partial charge on any atom is -0.443 e. The van der Waals surface area contributed by atoms with Crippen molar-refractivity contribution in [2.24, 2.45) is 5.92 Å². The van der Waals surface area contributed by atoms with Gasteiger partial charge < -0.3 is 14.0 Å². The minimum absolute atomic E-state index is 0.0135. The third-order valence-electron chi connectivity index (χ3n) is 6.67. The van der Waals surface area contributed by atoms with Crippen LogP contribution in [-0.2, 0) is 14.0 Å². The van der Waals surface area contributed by atoms with Gasteiger partial charge in [0.1, 0.15) is 11.4 Å². The van der Waals surface area contributed by atoms with Gasteiger partial charge in [0.25, 0.3) is 8.32 Å². The first-order chi connectivity index (χ1) is 16.8. The molecule has 5 nitrogen and oxygen atoms in total. The number of nitrogens with zero attached hydrogens (tertiary/aromatic N) is 1. The van der Waals surface area contributed by atoms with Crippen LogP contribution in [0.4, 0.5) is 4.79 Å². The molecule has 36 heavy (non-hydrogen) atoms. The number of Topliss-reactive ketones (excluding diaryl/α,β-unsaturated/α-hetero) is 1. The second-order valence-electron chi connectivity index (χ2n) is 11.7. The summed E-state index contributed by atoms with van der Waals surface area (Å²) in [4.78, 5) is 26.6. The molecular formula is C30H41NO4Si. The predicted octanol–water partition coefficient (Wildman–Crippen LogP) is 5.68. The maximum Gasteiger partial charge on any atom is 0.414 e. The number of carbonyl (C=O) groups is 2. The Kier molecular flexibility index (Phi) is 8.62. The number of hydrogen-bond donors (Lipinski definition) is 0. The van der Waals surface area contributed by atoms with E-state index in [0.717, 1.165) is 0 Å². The molecule has 0 unspecified atom stereocenters. The Morgan fingerprint density at radius 3 is 1.86 bits per heavy atom. The topological polar surface area (TPSA) is 55.8 Å². The van der Waals surface area contributed by atoms with Gasteiger partial charge in [-0.15, -0.1) is 0 Å². The molecule has 0 saturated heterocycles. The standard InChI is InChI=1S/C30H41NO4Si/c1-23(32)18-19-24-20-21-31(28(33)35-29(2,3)4)27(24)22-34-36(30(5,6)7,25-14-10-8-11-15-25)26-16-12-9-13-17-26/h8-17,20-21,24,27H,18-19,22H2,1-7H3/t24-,27+/m0/s1. The molecule has 0 fully saturated rings. The molecule has 0 saturated carbocycles. The molecule has 1 heterocycles. The quantitative estimate of drug-likeness (QED) is 0.431. The Labute approximate surface area is 217 Å². The molecule has 0 radical (unpaired) electrons. The van der Waals surface area contributed by atoms with Crippen LogP contribution >= 0.6 is 0 Å². The van der Waals surface area contributed by atoms with Crippen molar-refractivity contribution in [2.75, 3.05) is 6.61 Å². The second kappa shape index (κ2) is 11.1. The highest BCUT2D eigenvalue weighted by molar-refractivity contribution is 6.99. The third-order valence-corrected chi connectivity index (χ3v) is 11.7. The number of ether oxygens (including phenoxy) is 1. The maximum absolute atomic E-state index is 13.2. The van der Waals surface area contributed by atoms with E-state index in [1.165, 1.54) is 10.4 Å². The van der Waals surface area contributed by atoms with Crippen LogP contribution < -0.4 is 10.4 Å². The molecule has 0 spiro atoms. The van der Waals surface area contributed by atoms with Crippen LogP contribution in [0.25, 0.3) is 0 Å². The molecular weight excluding hydrogens is 466 g/mol. The van der Waals surface area contributed by atoms with Gasteiger partial charge in [-0.05, 0) is 49.5 Å². The SMILES string of the molecule is CC(=O)CC[C@H]1C=CN(C(=O)OC(C)(C)C)[C@@H]1CO[Si](c1ccccc1)(c1ccccc1)C(C)(C)C. The Morgan fingerprint density at radius 2 is 1.42 bits per heavy atom. The molecule has 3 rings (SSSR count). The largest absolute Gasteiger partial charge is 0.443 e. The number of ketones is 1. The summed E-state index contributed by atoms with van der Waals surface area (Å²) in [6.45, 7) is 14.3. The average Bonchev–Trinajstić information content (AvgIpc) is 3.20. The molecule has 1 aliphatic rings. The van der Waals surface area contributed by atoms with Crippen molar-refractivity contribution in [3.8, 4) is 0 Å². The van der Waals surface area contributed by atoms with Crippen molar-refractivity contribution in [3.05, 3.63) is 72.9 Å². The van der Waals surface area contributed by atoms with Crippen LogP contribution in [0.15, 0.2) is 72.9 Å². The van der Waals surface area contributed by atoms with Gasteiger partial charge >= 0.3 is 6.09 Å². The van der Waals surface area contributed by atoms with Gasteiger partial charge in [-0.1, -0.05) is 87.5 Å². The fraction of sp³-hybridized carbons (Fsp3) is 0.467. The van der Waals surface area contributed by atoms with Crippen molar-refractivity contribution in [1.82, 2.24) is 4.90 Å². The molecule has 0 bridgehead atoms. The minimum atomic E-state index is -2.78. The Hall–Kier alpha value is -2.70. The molecule has 1 amide bonds. The summed E-state index contributed by atoms with van der Waals surface area (Å²) >= 11 is 0. The van der Waals surface area contributed by atoms with E-state index in [0.29, 0.717) is 19.4 Å². The first kappa shape index (κ1) is 27.9. The smallest absolute Gasteiger partial charge is 0.414 e. The summed E-state index contributed by atoms with van der Waals surface area (Å²) in [5.41, 5.74) is -0.605. The maximum atomic E-state index is 13.2. The highest BCUT2D eigenvalue weighted by Crippen LogP contribution is 2.38. The number of hydrogen-bond acceptors (Lipinski definition) is 4. The third kappa shape index (κ3) is 6.34. The molecule has 2 aromatic carbocycles. The monoisotopic (exact) mass is 507 g/mol. The molecule has 194 valence electrons. The Balaban J connectivity index is 2.01. The van der Waals surface area contributed by atoms with E-state index in [4.69, 9.17) is 9.16 Å². The molecule has 0 aromatic heterocycles. The highest BCUT2D eigenvalue weighted by Gasteiger charge is 2.51. The molecule has 2 atom stereocenters. The second-order valence-corrected chi connectivity index (χ2v) is 16.0. The number of rotatable bonds is 8. The van der Waals surface area contributed by atoms with Crippen molar-refractivity contribution >= 4 is 30.6 Å². The van der Waals surface area contributed by atoms with Crippen molar-refractivity contribution in [1.29, 1.82) is 0 Å². The van der Waals surface area contributed by atoms with E-state index < -0.39 is 13.9 Å². The zero-order valence-electron chi connectivity index (χ0n) is 22.8. The van der Waals surface area contributed by atoms with Crippen LogP contribution in [-0.4, -0.2) is 43.3 Å². The fourth-order valence-electron chi connectivity index (χ4n) is 4.99. The number of amides is 1. The van der Waals surface area contributed by atoms with Gasteiger partial charge in [0.05, 0.1) is 12.6 Å². The zero-order chi connectivity index (χ0) is 26.6. The van der Waals surface area contributed by atoms with Crippen molar-refractivity contribution in [3.63, 3.8) is 0 Å². The predicted molar refractivity (Wildman–Crippen MR) is 148 cm³/mol. The van der Waals surface area contributed by atoms with E-state index >= 15 is 0 Å². The lowest BCUT2D eigenvalue weighted by Gasteiger charge is -2.44. The molecule has 1 aliphatic heterocycles. The van der Waals surface area contributed by atoms with E-state index in [1.807, 2.05) is 39.0 Å². The zero-order valence-corrected chi connectivity index (χ0v) is 23.8. The summed E-state index contributed by atoms with van der Waals surface area (Å²) < 4.78 is 12.9. The van der Waals surface area contributed by atoms with E-state index in [9.17, 15) is 9.59 Å². The van der Waals surface area contributed by atoms with Gasteiger partial charge in [-0.3, -0.25) is 4.90 Å². The van der Waals surface area contributed by atoms with Gasteiger partial charge in [0.15, 0.2) is 0 Å². The summed E-state index contributed by atoms with van der Waals surface area (Å²) in [5, 5.41) is 2.21. The lowest BCUT2D eigenvalue weighted by molar-refractivity contribution is -0.117. The lowest BCUT2D eigenvalue weighted by atomic mass is 9.96. The number of benzene rings is 2. The summed E-state index contributed by atoms with van der Waals surface area (Å²) in [6, 6.07) is 20.7. The average molecular weight is 508 g/mol. The van der Waals surface area contributed by atoms with Gasteiger partial charge in [-0.25, -0.2) is 4.79 Å². The molecule has 0 N–H and O–H groups in total. The first-order valence-corrected chi connectivity index (χ1v) is 14.7. The van der Waals surface area contributed by atoms with Crippen LogP contribution in [0.3, 0.4) is 0 Å². The van der Waals surface area contributed by atoms with Crippen LogP contribution in [0, 0.1) is 5.92 Å². The van der Waals surface area contributed by atoms with E-state index in [1.54, 1.807) is 18.0 Å². The summed E-state index contributed by atoms with van der Waals surface area (Å²) in [7, 11) is -2.78. The van der Waals surface area contributed by atoms with Crippen LogP contribution in [0.1, 0.15) is 61.3 Å². The molecule has 0 aliphatic carbocycles. The van der Waals surface area contributed by atoms with Gasteiger partial charge in [0, 0.05) is 18.5 Å². The van der Waals surface area contributed by atoms with Gasteiger partial charge in [0.2, 0.25) is 0 Å². The summed E-state index contributed by atoms with van der Waals surface area (Å²) in [5.74, 6) is 0.158. The normalized spacial score (nSPS) is 18.4. The van der Waals surface area contributed by atoms with Crippen LogP contribution in [0.2, 0.25) is 5.04 Å². The number of carbonyl (C=O) groups excluding carboxylic acids is 2. The van der Waals surface area contributed by atoms with Crippen molar-refractivity contribution in [2.45, 2.75) is 78.0 Å². The molecule has 2 aromatic rings. The summed E-state index contributed by atoms with van der Waals surface area (Å²) in [6.07, 6.45) is 4.57. The Morgan fingerprint density at radius 1 is 0.889 bits per heavy atom. The fourth-order valence-corrected chi connectivity index (χ4v) is 9.57. The molecule has 6 heteroatoms. The van der Waals surface area contributed by atoms with Crippen molar-refractivity contribution < 1.29 is 18.8 Å². The van der Waals surface area contributed by atoms with E-state index in [-0.39, 0.29) is 28.9 Å². The lowest BCUT2D eigenvalue weighted by Crippen LogP contribution is -2.67. The Bertz CT molecular complexity index is 1010. The van der Waals surface area contributed by atoms with Crippen LogP contribution in [0.5, 0.6) is 0 Å².